The summed E-state index contributed by atoms with van der Waals surface area (Å²) in [5.74, 6) is 0.198. The lowest BCUT2D eigenvalue weighted by atomic mass is 10.1. The van der Waals surface area contributed by atoms with Crippen molar-refractivity contribution >= 4 is 5.84 Å². The summed E-state index contributed by atoms with van der Waals surface area (Å²) >= 11 is 0. The summed E-state index contributed by atoms with van der Waals surface area (Å²) in [6.45, 7) is 2.46. The Kier molecular flexibility index (Phi) is 6.18. The molecule has 0 saturated carbocycles. The number of hydrogen-bond acceptors (Lipinski definition) is 4. The molecular formula is C13H21N3O2. The van der Waals surface area contributed by atoms with Crippen LogP contribution in [-0.4, -0.2) is 28.7 Å². The molecule has 0 heterocycles. The average molecular weight is 251 g/mol. The number of hydrogen-bond donors (Lipinski definition) is 4. The highest BCUT2D eigenvalue weighted by Crippen LogP contribution is 2.11. The van der Waals surface area contributed by atoms with Crippen molar-refractivity contribution in [2.24, 2.45) is 10.9 Å². The Morgan fingerprint density at radius 1 is 1.39 bits per heavy atom. The predicted octanol–water partition coefficient (Wildman–Crippen LogP) is 1.22. The first-order chi connectivity index (χ1) is 8.67. The molecular weight excluding hydrogens is 230 g/mol. The van der Waals surface area contributed by atoms with Gasteiger partial charge in [0.05, 0.1) is 6.10 Å². The summed E-state index contributed by atoms with van der Waals surface area (Å²) in [5, 5.41) is 24.7. The Labute approximate surface area is 107 Å². The van der Waals surface area contributed by atoms with Crippen molar-refractivity contribution < 1.29 is 10.3 Å². The molecule has 0 radical (unpaired) electrons. The highest BCUT2D eigenvalue weighted by molar-refractivity contribution is 5.80. The van der Waals surface area contributed by atoms with Crippen molar-refractivity contribution in [3.63, 3.8) is 0 Å². The Morgan fingerprint density at radius 2 is 2.06 bits per heavy atom. The van der Waals surface area contributed by atoms with Gasteiger partial charge in [0.2, 0.25) is 0 Å². The quantitative estimate of drug-likeness (QED) is 0.254. The molecule has 0 aliphatic carbocycles. The lowest BCUT2D eigenvalue weighted by Crippen LogP contribution is -2.35. The van der Waals surface area contributed by atoms with Crippen molar-refractivity contribution in [2.75, 3.05) is 6.54 Å². The number of nitrogens with two attached hydrogens (primary N) is 1. The van der Waals surface area contributed by atoms with E-state index in [9.17, 15) is 5.11 Å². The molecule has 0 aromatic heterocycles. The molecule has 5 heteroatoms. The van der Waals surface area contributed by atoms with Gasteiger partial charge < -0.3 is 21.4 Å². The Morgan fingerprint density at radius 3 is 2.61 bits per heavy atom. The lowest BCUT2D eigenvalue weighted by Gasteiger charge is -2.19. The molecule has 0 bridgehead atoms. The van der Waals surface area contributed by atoms with Crippen molar-refractivity contribution in [1.82, 2.24) is 5.32 Å². The number of nitrogens with zero attached hydrogens (tertiary/aromatic N) is 1. The number of amidine groups is 1. The second-order valence-corrected chi connectivity index (χ2v) is 4.24. The van der Waals surface area contributed by atoms with Crippen LogP contribution in [0, 0.1) is 0 Å². The van der Waals surface area contributed by atoms with E-state index in [4.69, 9.17) is 10.9 Å². The lowest BCUT2D eigenvalue weighted by molar-refractivity contribution is 0.169. The van der Waals surface area contributed by atoms with Gasteiger partial charge in [0.1, 0.15) is 5.84 Å². The number of aliphatic hydroxyl groups excluding tert-OH is 1. The first kappa shape index (κ1) is 14.5. The van der Waals surface area contributed by atoms with Gasteiger partial charge in [-0.3, -0.25) is 0 Å². The standard InChI is InChI=1S/C13H21N3O2/c1-2-11(8-13(14)16-18)15-9-12(17)10-6-4-3-5-7-10/h3-7,11-12,15,17-18H,2,8-9H2,1H3,(H2,14,16). The van der Waals surface area contributed by atoms with E-state index in [1.807, 2.05) is 37.3 Å². The molecule has 0 amide bonds. The zero-order chi connectivity index (χ0) is 13.4. The summed E-state index contributed by atoms with van der Waals surface area (Å²) in [6.07, 6.45) is 0.763. The minimum atomic E-state index is -0.549. The van der Waals surface area contributed by atoms with Gasteiger partial charge in [-0.05, 0) is 12.0 Å². The summed E-state index contributed by atoms with van der Waals surface area (Å²) in [4.78, 5) is 0. The fourth-order valence-corrected chi connectivity index (χ4v) is 1.73. The van der Waals surface area contributed by atoms with Gasteiger partial charge in [-0.1, -0.05) is 42.4 Å². The fourth-order valence-electron chi connectivity index (χ4n) is 1.73. The maximum Gasteiger partial charge on any atom is 0.140 e. The molecule has 0 aliphatic rings. The van der Waals surface area contributed by atoms with Crippen molar-refractivity contribution in [3.8, 4) is 0 Å². The summed E-state index contributed by atoms with van der Waals surface area (Å²) in [5.41, 5.74) is 6.34. The van der Waals surface area contributed by atoms with Crippen molar-refractivity contribution in [2.45, 2.75) is 31.9 Å². The number of benzene rings is 1. The highest BCUT2D eigenvalue weighted by atomic mass is 16.4. The molecule has 5 nitrogen and oxygen atoms in total. The van der Waals surface area contributed by atoms with Crippen LogP contribution in [-0.2, 0) is 0 Å². The average Bonchev–Trinajstić information content (AvgIpc) is 2.43. The molecule has 18 heavy (non-hydrogen) atoms. The van der Waals surface area contributed by atoms with Gasteiger partial charge in [0, 0.05) is 19.0 Å². The molecule has 1 aromatic rings. The predicted molar refractivity (Wildman–Crippen MR) is 71.5 cm³/mol. The molecule has 1 rings (SSSR count). The molecule has 100 valence electrons. The maximum absolute atomic E-state index is 9.98. The van der Waals surface area contributed by atoms with Gasteiger partial charge in [-0.2, -0.15) is 0 Å². The van der Waals surface area contributed by atoms with E-state index in [1.54, 1.807) is 0 Å². The second-order valence-electron chi connectivity index (χ2n) is 4.24. The minimum absolute atomic E-state index is 0.0965. The summed E-state index contributed by atoms with van der Waals surface area (Å²) in [7, 11) is 0. The number of aliphatic hydroxyl groups is 1. The van der Waals surface area contributed by atoms with Crippen LogP contribution in [0.15, 0.2) is 35.5 Å². The molecule has 0 fully saturated rings. The van der Waals surface area contributed by atoms with Crippen LogP contribution in [0.2, 0.25) is 0 Å². The van der Waals surface area contributed by atoms with E-state index < -0.39 is 6.10 Å². The van der Waals surface area contributed by atoms with Gasteiger partial charge >= 0.3 is 0 Å². The summed E-state index contributed by atoms with van der Waals surface area (Å²) in [6, 6.07) is 9.57. The number of oxime groups is 1. The molecule has 2 atom stereocenters. The van der Waals surface area contributed by atoms with Crippen LogP contribution in [0.4, 0.5) is 0 Å². The third kappa shape index (κ3) is 4.73. The Hall–Kier alpha value is -1.59. The van der Waals surface area contributed by atoms with E-state index in [0.717, 1.165) is 12.0 Å². The van der Waals surface area contributed by atoms with Gasteiger partial charge in [-0.15, -0.1) is 0 Å². The summed E-state index contributed by atoms with van der Waals surface area (Å²) < 4.78 is 0. The first-order valence-corrected chi connectivity index (χ1v) is 6.10. The topological polar surface area (TPSA) is 90.9 Å². The van der Waals surface area contributed by atoms with E-state index >= 15 is 0 Å². The van der Waals surface area contributed by atoms with Gasteiger partial charge in [0.25, 0.3) is 0 Å². The zero-order valence-corrected chi connectivity index (χ0v) is 10.6. The van der Waals surface area contributed by atoms with Gasteiger partial charge in [0.15, 0.2) is 0 Å². The smallest absolute Gasteiger partial charge is 0.140 e. The molecule has 2 unspecified atom stereocenters. The first-order valence-electron chi connectivity index (χ1n) is 6.10. The van der Waals surface area contributed by atoms with E-state index in [2.05, 4.69) is 10.5 Å². The van der Waals surface area contributed by atoms with Crippen LogP contribution >= 0.6 is 0 Å². The number of rotatable bonds is 7. The largest absolute Gasteiger partial charge is 0.409 e. The highest BCUT2D eigenvalue weighted by Gasteiger charge is 2.12. The van der Waals surface area contributed by atoms with Crippen molar-refractivity contribution in [3.05, 3.63) is 35.9 Å². The van der Waals surface area contributed by atoms with Crippen molar-refractivity contribution in [1.29, 1.82) is 0 Å². The molecule has 1 aromatic carbocycles. The van der Waals surface area contributed by atoms with E-state index in [-0.39, 0.29) is 11.9 Å². The molecule has 0 saturated heterocycles. The SMILES string of the molecule is CCC(CC(N)=NO)NCC(O)c1ccccc1. The normalized spacial score (nSPS) is 15.3. The molecule has 0 aliphatic heterocycles. The fraction of sp³-hybridized carbons (Fsp3) is 0.462. The van der Waals surface area contributed by atoms with Crippen LogP contribution in [0.3, 0.4) is 0 Å². The molecule has 5 N–H and O–H groups in total. The van der Waals surface area contributed by atoms with Crippen LogP contribution < -0.4 is 11.1 Å². The minimum Gasteiger partial charge on any atom is -0.409 e. The van der Waals surface area contributed by atoms with Crippen LogP contribution in [0.25, 0.3) is 0 Å². The van der Waals surface area contributed by atoms with Gasteiger partial charge in [-0.25, -0.2) is 0 Å². The molecule has 0 spiro atoms. The third-order valence-corrected chi connectivity index (χ3v) is 2.86. The maximum atomic E-state index is 9.98. The Balaban J connectivity index is 2.43. The van der Waals surface area contributed by atoms with E-state index in [1.165, 1.54) is 0 Å². The number of nitrogens with one attached hydrogen (secondary N) is 1. The van der Waals surface area contributed by atoms with E-state index in [0.29, 0.717) is 13.0 Å². The monoisotopic (exact) mass is 251 g/mol. The second kappa shape index (κ2) is 7.68. The van der Waals surface area contributed by atoms with Crippen LogP contribution in [0.5, 0.6) is 0 Å². The third-order valence-electron chi connectivity index (χ3n) is 2.86. The Bertz CT molecular complexity index is 368. The zero-order valence-electron chi connectivity index (χ0n) is 10.6. The van der Waals surface area contributed by atoms with Crippen LogP contribution in [0.1, 0.15) is 31.4 Å².